The maximum atomic E-state index is 11.5. The quantitative estimate of drug-likeness (QED) is 0.891. The Balaban J connectivity index is 1.81. The number of pyridine rings is 1. The molecule has 1 aliphatic rings. The molecule has 1 aromatic heterocycles. The predicted octanol–water partition coefficient (Wildman–Crippen LogP) is 3.03. The minimum Gasteiger partial charge on any atom is -0.385 e. The molecular formula is C20H26N2O. The zero-order valence-electron chi connectivity index (χ0n) is 14.1. The summed E-state index contributed by atoms with van der Waals surface area (Å²) in [5.41, 5.74) is 2.75. The fourth-order valence-electron chi connectivity index (χ4n) is 3.73. The molecule has 2 unspecified atom stereocenters. The highest BCUT2D eigenvalue weighted by Gasteiger charge is 2.44. The molecule has 0 saturated heterocycles. The highest BCUT2D eigenvalue weighted by Crippen LogP contribution is 2.45. The van der Waals surface area contributed by atoms with Gasteiger partial charge in [-0.1, -0.05) is 30.3 Å². The first-order valence-corrected chi connectivity index (χ1v) is 8.45. The summed E-state index contributed by atoms with van der Waals surface area (Å²) < 4.78 is 0. The fraction of sp³-hybridized carbons (Fsp3) is 0.450. The average Bonchev–Trinajstić information content (AvgIpc) is 2.85. The Hall–Kier alpha value is -1.71. The molecule has 2 atom stereocenters. The maximum absolute atomic E-state index is 11.5. The van der Waals surface area contributed by atoms with E-state index >= 15 is 0 Å². The molecule has 0 saturated carbocycles. The van der Waals surface area contributed by atoms with Gasteiger partial charge in [-0.2, -0.15) is 0 Å². The van der Waals surface area contributed by atoms with Crippen molar-refractivity contribution >= 4 is 0 Å². The predicted molar refractivity (Wildman–Crippen MR) is 93.3 cm³/mol. The summed E-state index contributed by atoms with van der Waals surface area (Å²) in [7, 11) is 4.18. The van der Waals surface area contributed by atoms with Crippen LogP contribution in [-0.2, 0) is 18.4 Å². The van der Waals surface area contributed by atoms with E-state index in [1.807, 2.05) is 30.5 Å². The molecule has 3 rings (SSSR count). The van der Waals surface area contributed by atoms with Gasteiger partial charge in [0.1, 0.15) is 0 Å². The van der Waals surface area contributed by atoms with Gasteiger partial charge < -0.3 is 10.0 Å². The van der Waals surface area contributed by atoms with Crippen LogP contribution in [-0.4, -0.2) is 35.6 Å². The lowest BCUT2D eigenvalue weighted by atomic mass is 9.81. The van der Waals surface area contributed by atoms with Crippen LogP contribution in [0.3, 0.4) is 0 Å². The lowest BCUT2D eigenvalue weighted by molar-refractivity contribution is -0.0245. The third-order valence-corrected chi connectivity index (χ3v) is 5.04. The summed E-state index contributed by atoms with van der Waals surface area (Å²) in [5.74, 6) is 0.283. The zero-order chi connectivity index (χ0) is 16.3. The van der Waals surface area contributed by atoms with Crippen LogP contribution in [0.5, 0.6) is 0 Å². The van der Waals surface area contributed by atoms with E-state index in [2.05, 4.69) is 42.2 Å². The minimum absolute atomic E-state index is 0.283. The Kier molecular flexibility index (Phi) is 4.79. The Morgan fingerprint density at radius 3 is 2.70 bits per heavy atom. The molecule has 1 N–H and O–H groups in total. The van der Waals surface area contributed by atoms with Gasteiger partial charge in [-0.05, 0) is 75.5 Å². The molecule has 0 spiro atoms. The second-order valence-corrected chi connectivity index (χ2v) is 6.90. The van der Waals surface area contributed by atoms with E-state index in [4.69, 9.17) is 0 Å². The van der Waals surface area contributed by atoms with Gasteiger partial charge in [-0.15, -0.1) is 0 Å². The first-order chi connectivity index (χ1) is 11.1. The van der Waals surface area contributed by atoms with Crippen molar-refractivity contribution in [2.45, 2.75) is 31.3 Å². The molecule has 0 radical (unpaired) electrons. The number of aromatic nitrogens is 1. The Bertz CT molecular complexity index is 641. The van der Waals surface area contributed by atoms with Crippen LogP contribution in [0.1, 0.15) is 29.7 Å². The van der Waals surface area contributed by atoms with Gasteiger partial charge in [0.2, 0.25) is 0 Å². The molecule has 3 heteroatoms. The lowest BCUT2D eigenvalue weighted by Gasteiger charge is -2.32. The van der Waals surface area contributed by atoms with E-state index in [0.29, 0.717) is 0 Å². The smallest absolute Gasteiger partial charge is 0.0934 e. The number of fused-ring (bicyclic) bond motifs is 1. The van der Waals surface area contributed by atoms with Gasteiger partial charge in [0, 0.05) is 11.9 Å². The van der Waals surface area contributed by atoms with E-state index in [9.17, 15) is 5.11 Å². The van der Waals surface area contributed by atoms with E-state index < -0.39 is 5.60 Å². The molecule has 0 fully saturated rings. The van der Waals surface area contributed by atoms with E-state index in [0.717, 1.165) is 43.5 Å². The van der Waals surface area contributed by atoms with Crippen molar-refractivity contribution in [1.82, 2.24) is 9.88 Å². The summed E-state index contributed by atoms with van der Waals surface area (Å²) >= 11 is 0. The summed E-state index contributed by atoms with van der Waals surface area (Å²) in [6.07, 6.45) is 5.36. The fourth-order valence-corrected chi connectivity index (χ4v) is 3.73. The first-order valence-electron chi connectivity index (χ1n) is 8.45. The van der Waals surface area contributed by atoms with Crippen molar-refractivity contribution in [3.05, 3.63) is 65.5 Å². The summed E-state index contributed by atoms with van der Waals surface area (Å²) in [4.78, 5) is 6.60. The largest absolute Gasteiger partial charge is 0.385 e. The van der Waals surface area contributed by atoms with Crippen molar-refractivity contribution in [2.24, 2.45) is 5.92 Å². The van der Waals surface area contributed by atoms with Crippen LogP contribution in [0.4, 0.5) is 0 Å². The second-order valence-electron chi connectivity index (χ2n) is 6.90. The van der Waals surface area contributed by atoms with Gasteiger partial charge in [-0.3, -0.25) is 4.98 Å². The van der Waals surface area contributed by atoms with Gasteiger partial charge in [-0.25, -0.2) is 0 Å². The van der Waals surface area contributed by atoms with Crippen molar-refractivity contribution in [3.63, 3.8) is 0 Å². The van der Waals surface area contributed by atoms with Crippen molar-refractivity contribution in [1.29, 1.82) is 0 Å². The third-order valence-electron chi connectivity index (χ3n) is 5.04. The number of rotatable bonds is 6. The average molecular weight is 310 g/mol. The van der Waals surface area contributed by atoms with Crippen molar-refractivity contribution in [3.8, 4) is 0 Å². The standard InChI is InChI=1S/C20H26N2O/c1-22(2)14-11-17-15-16-7-3-4-9-19(16)20(17,23)12-10-18-8-5-6-13-21-18/h3-9,13,17,23H,10-12,14-15H2,1-2H3. The zero-order valence-corrected chi connectivity index (χ0v) is 14.1. The number of nitrogens with zero attached hydrogens (tertiary/aromatic N) is 2. The Labute approximate surface area is 139 Å². The number of hydrogen-bond acceptors (Lipinski definition) is 3. The Morgan fingerprint density at radius 1 is 1.17 bits per heavy atom. The molecule has 122 valence electrons. The number of aliphatic hydroxyl groups is 1. The highest BCUT2D eigenvalue weighted by atomic mass is 16.3. The molecule has 0 amide bonds. The molecular weight excluding hydrogens is 284 g/mol. The molecule has 1 aliphatic carbocycles. The summed E-state index contributed by atoms with van der Waals surface area (Å²) in [5, 5.41) is 11.5. The van der Waals surface area contributed by atoms with Crippen LogP contribution < -0.4 is 0 Å². The topological polar surface area (TPSA) is 36.4 Å². The third kappa shape index (κ3) is 3.46. The van der Waals surface area contributed by atoms with E-state index in [-0.39, 0.29) is 5.92 Å². The molecule has 1 aromatic carbocycles. The highest BCUT2D eigenvalue weighted by molar-refractivity contribution is 5.38. The molecule has 2 aromatic rings. The van der Waals surface area contributed by atoms with Gasteiger partial charge in [0.05, 0.1) is 5.60 Å². The number of aryl methyl sites for hydroxylation is 1. The summed E-state index contributed by atoms with van der Waals surface area (Å²) in [6.45, 7) is 1.00. The Morgan fingerprint density at radius 2 is 1.96 bits per heavy atom. The minimum atomic E-state index is -0.732. The first kappa shape index (κ1) is 16.2. The van der Waals surface area contributed by atoms with Crippen molar-refractivity contribution in [2.75, 3.05) is 20.6 Å². The lowest BCUT2D eigenvalue weighted by Crippen LogP contribution is -2.34. The monoisotopic (exact) mass is 310 g/mol. The van der Waals surface area contributed by atoms with E-state index in [1.165, 1.54) is 5.56 Å². The van der Waals surface area contributed by atoms with E-state index in [1.54, 1.807) is 0 Å². The number of hydrogen-bond donors (Lipinski definition) is 1. The van der Waals surface area contributed by atoms with Crippen molar-refractivity contribution < 1.29 is 5.11 Å². The van der Waals surface area contributed by atoms with Crippen LogP contribution in [0, 0.1) is 5.92 Å². The molecule has 23 heavy (non-hydrogen) atoms. The van der Waals surface area contributed by atoms with Crippen LogP contribution in [0.25, 0.3) is 0 Å². The molecule has 3 nitrogen and oxygen atoms in total. The summed E-state index contributed by atoms with van der Waals surface area (Å²) in [6, 6.07) is 14.4. The normalized spacial score (nSPS) is 23.2. The second kappa shape index (κ2) is 6.81. The molecule has 1 heterocycles. The van der Waals surface area contributed by atoms with Crippen LogP contribution >= 0.6 is 0 Å². The maximum Gasteiger partial charge on any atom is 0.0934 e. The number of benzene rings is 1. The van der Waals surface area contributed by atoms with Crippen LogP contribution in [0.15, 0.2) is 48.7 Å². The van der Waals surface area contributed by atoms with Crippen LogP contribution in [0.2, 0.25) is 0 Å². The van der Waals surface area contributed by atoms with Gasteiger partial charge in [0.15, 0.2) is 0 Å². The van der Waals surface area contributed by atoms with Gasteiger partial charge >= 0.3 is 0 Å². The molecule has 0 aliphatic heterocycles. The van der Waals surface area contributed by atoms with Gasteiger partial charge in [0.25, 0.3) is 0 Å². The molecule has 0 bridgehead atoms. The SMILES string of the molecule is CN(C)CCC1Cc2ccccc2C1(O)CCc1ccccn1.